The molecule has 1 aliphatic rings. The van der Waals surface area contributed by atoms with E-state index in [-0.39, 0.29) is 5.54 Å². The summed E-state index contributed by atoms with van der Waals surface area (Å²) in [5.74, 6) is 0. The third kappa shape index (κ3) is 1.52. The van der Waals surface area contributed by atoms with E-state index in [0.717, 1.165) is 13.0 Å². The van der Waals surface area contributed by atoms with Crippen LogP contribution in [0.15, 0.2) is 36.4 Å². The average Bonchev–Trinajstić information content (AvgIpc) is 2.27. The number of benzene rings is 2. The molecule has 0 aliphatic carbocycles. The molecule has 1 heteroatoms. The van der Waals surface area contributed by atoms with Gasteiger partial charge in [0.1, 0.15) is 0 Å². The monoisotopic (exact) mass is 211 g/mol. The number of nitrogens with one attached hydrogen (secondary N) is 1. The minimum atomic E-state index is 0.232. The first kappa shape index (κ1) is 9.86. The Morgan fingerprint density at radius 3 is 2.75 bits per heavy atom. The fourth-order valence-corrected chi connectivity index (χ4v) is 2.62. The minimum Gasteiger partial charge on any atom is -0.307 e. The molecule has 16 heavy (non-hydrogen) atoms. The summed E-state index contributed by atoms with van der Waals surface area (Å²) in [5, 5.41) is 6.36. The van der Waals surface area contributed by atoms with Gasteiger partial charge in [-0.25, -0.2) is 0 Å². The second-order valence-electron chi connectivity index (χ2n) is 5.34. The zero-order valence-electron chi connectivity index (χ0n) is 9.88. The van der Waals surface area contributed by atoms with Crippen LogP contribution in [-0.4, -0.2) is 5.54 Å². The first-order chi connectivity index (χ1) is 7.66. The van der Waals surface area contributed by atoms with Crippen LogP contribution >= 0.6 is 0 Å². The topological polar surface area (TPSA) is 12.0 Å². The van der Waals surface area contributed by atoms with Crippen LogP contribution in [0.5, 0.6) is 0 Å². The molecular formula is C15H17N. The van der Waals surface area contributed by atoms with E-state index in [4.69, 9.17) is 0 Å². The van der Waals surface area contributed by atoms with Gasteiger partial charge in [0.2, 0.25) is 0 Å². The van der Waals surface area contributed by atoms with Crippen molar-refractivity contribution in [3.63, 3.8) is 0 Å². The summed E-state index contributed by atoms with van der Waals surface area (Å²) < 4.78 is 0. The summed E-state index contributed by atoms with van der Waals surface area (Å²) in [6.07, 6.45) is 1.12. The Hall–Kier alpha value is -1.34. The van der Waals surface area contributed by atoms with E-state index < -0.39 is 0 Å². The smallest absolute Gasteiger partial charge is 0.0219 e. The Morgan fingerprint density at radius 1 is 1.06 bits per heavy atom. The molecule has 0 saturated heterocycles. The van der Waals surface area contributed by atoms with Gasteiger partial charge in [-0.05, 0) is 42.2 Å². The average molecular weight is 211 g/mol. The van der Waals surface area contributed by atoms with Crippen molar-refractivity contribution in [3.05, 3.63) is 47.5 Å². The van der Waals surface area contributed by atoms with Crippen molar-refractivity contribution in [1.29, 1.82) is 0 Å². The Bertz CT molecular complexity index is 540. The summed E-state index contributed by atoms with van der Waals surface area (Å²) in [7, 11) is 0. The lowest BCUT2D eigenvalue weighted by atomic mass is 9.85. The number of hydrogen-bond donors (Lipinski definition) is 1. The SMILES string of the molecule is CC1(C)Cc2ccc3ccccc3c2CN1. The van der Waals surface area contributed by atoms with Crippen molar-refractivity contribution in [1.82, 2.24) is 5.32 Å². The van der Waals surface area contributed by atoms with E-state index in [1.165, 1.54) is 21.9 Å². The molecule has 0 amide bonds. The molecule has 3 rings (SSSR count). The van der Waals surface area contributed by atoms with Gasteiger partial charge in [0.25, 0.3) is 0 Å². The van der Waals surface area contributed by atoms with Crippen LogP contribution in [0.2, 0.25) is 0 Å². The molecule has 0 radical (unpaired) electrons. The van der Waals surface area contributed by atoms with Gasteiger partial charge < -0.3 is 5.32 Å². The first-order valence-electron chi connectivity index (χ1n) is 5.90. The summed E-state index contributed by atoms with van der Waals surface area (Å²) in [6.45, 7) is 5.53. The van der Waals surface area contributed by atoms with Gasteiger partial charge >= 0.3 is 0 Å². The van der Waals surface area contributed by atoms with Crippen LogP contribution in [0.4, 0.5) is 0 Å². The van der Waals surface area contributed by atoms with Crippen LogP contribution in [-0.2, 0) is 13.0 Å². The van der Waals surface area contributed by atoms with Crippen LogP contribution in [0, 0.1) is 0 Å². The van der Waals surface area contributed by atoms with E-state index >= 15 is 0 Å². The Kier molecular flexibility index (Phi) is 2.05. The summed E-state index contributed by atoms with van der Waals surface area (Å²) in [5.41, 5.74) is 3.22. The highest BCUT2D eigenvalue weighted by molar-refractivity contribution is 5.87. The number of hydrogen-bond acceptors (Lipinski definition) is 1. The molecule has 82 valence electrons. The quantitative estimate of drug-likeness (QED) is 0.705. The van der Waals surface area contributed by atoms with Crippen molar-refractivity contribution >= 4 is 10.8 Å². The van der Waals surface area contributed by atoms with Crippen molar-refractivity contribution in [2.24, 2.45) is 0 Å². The first-order valence-corrected chi connectivity index (χ1v) is 5.90. The van der Waals surface area contributed by atoms with Gasteiger partial charge in [0.15, 0.2) is 0 Å². The van der Waals surface area contributed by atoms with Crippen molar-refractivity contribution in [2.75, 3.05) is 0 Å². The summed E-state index contributed by atoms with van der Waals surface area (Å²) in [6, 6.07) is 13.2. The number of fused-ring (bicyclic) bond motifs is 3. The molecular weight excluding hydrogens is 194 g/mol. The molecule has 2 aromatic carbocycles. The molecule has 0 fully saturated rings. The standard InChI is InChI=1S/C15H17N/c1-15(2)9-12-8-7-11-5-3-4-6-13(11)14(12)10-16-15/h3-8,16H,9-10H2,1-2H3. The molecule has 1 aliphatic heterocycles. The largest absolute Gasteiger partial charge is 0.307 e. The van der Waals surface area contributed by atoms with E-state index in [2.05, 4.69) is 55.6 Å². The Labute approximate surface area is 96.5 Å². The fourth-order valence-electron chi connectivity index (χ4n) is 2.62. The molecule has 0 aromatic heterocycles. The Balaban J connectivity index is 2.22. The summed E-state index contributed by atoms with van der Waals surface area (Å²) in [4.78, 5) is 0. The van der Waals surface area contributed by atoms with Crippen LogP contribution in [0.1, 0.15) is 25.0 Å². The highest BCUT2D eigenvalue weighted by Crippen LogP contribution is 2.29. The van der Waals surface area contributed by atoms with E-state index in [9.17, 15) is 0 Å². The summed E-state index contributed by atoms with van der Waals surface area (Å²) >= 11 is 0. The van der Waals surface area contributed by atoms with Crippen LogP contribution in [0.25, 0.3) is 10.8 Å². The van der Waals surface area contributed by atoms with Gasteiger partial charge in [0, 0.05) is 12.1 Å². The van der Waals surface area contributed by atoms with Gasteiger partial charge in [-0.15, -0.1) is 0 Å². The molecule has 1 nitrogen and oxygen atoms in total. The molecule has 2 aromatic rings. The predicted molar refractivity (Wildman–Crippen MR) is 68.6 cm³/mol. The molecule has 1 heterocycles. The Morgan fingerprint density at radius 2 is 1.88 bits per heavy atom. The van der Waals surface area contributed by atoms with Gasteiger partial charge in [-0.3, -0.25) is 0 Å². The second kappa shape index (κ2) is 3.33. The van der Waals surface area contributed by atoms with Crippen molar-refractivity contribution in [3.8, 4) is 0 Å². The van der Waals surface area contributed by atoms with E-state index in [1.54, 1.807) is 0 Å². The maximum absolute atomic E-state index is 3.61. The minimum absolute atomic E-state index is 0.232. The molecule has 0 unspecified atom stereocenters. The molecule has 0 saturated carbocycles. The fraction of sp³-hybridized carbons (Fsp3) is 0.333. The van der Waals surface area contributed by atoms with Gasteiger partial charge in [-0.1, -0.05) is 36.4 Å². The van der Waals surface area contributed by atoms with Gasteiger partial charge in [0.05, 0.1) is 0 Å². The lowest BCUT2D eigenvalue weighted by Gasteiger charge is -2.33. The van der Waals surface area contributed by atoms with Gasteiger partial charge in [-0.2, -0.15) is 0 Å². The predicted octanol–water partition coefficient (Wildman–Crippen LogP) is 3.26. The van der Waals surface area contributed by atoms with Crippen molar-refractivity contribution in [2.45, 2.75) is 32.4 Å². The molecule has 0 bridgehead atoms. The lowest BCUT2D eigenvalue weighted by molar-refractivity contribution is 0.364. The van der Waals surface area contributed by atoms with E-state index in [0.29, 0.717) is 0 Å². The normalized spacial score (nSPS) is 18.4. The zero-order valence-corrected chi connectivity index (χ0v) is 9.88. The third-order valence-electron chi connectivity index (χ3n) is 3.51. The number of rotatable bonds is 0. The lowest BCUT2D eigenvalue weighted by Crippen LogP contribution is -2.44. The van der Waals surface area contributed by atoms with Crippen molar-refractivity contribution < 1.29 is 0 Å². The van der Waals surface area contributed by atoms with Crippen LogP contribution < -0.4 is 5.32 Å². The zero-order chi connectivity index (χ0) is 11.2. The molecule has 0 atom stereocenters. The van der Waals surface area contributed by atoms with Crippen LogP contribution in [0.3, 0.4) is 0 Å². The second-order valence-corrected chi connectivity index (χ2v) is 5.34. The van der Waals surface area contributed by atoms with E-state index in [1.807, 2.05) is 0 Å². The maximum Gasteiger partial charge on any atom is 0.0219 e. The maximum atomic E-state index is 3.61. The molecule has 1 N–H and O–H groups in total. The highest BCUT2D eigenvalue weighted by Gasteiger charge is 2.24. The highest BCUT2D eigenvalue weighted by atomic mass is 15.0. The third-order valence-corrected chi connectivity index (χ3v) is 3.51. The molecule has 0 spiro atoms.